The Morgan fingerprint density at radius 2 is 2.07 bits per heavy atom. The molecule has 2 aliphatic heterocycles. The summed E-state index contributed by atoms with van der Waals surface area (Å²) in [7, 11) is 3.83. The van der Waals surface area contributed by atoms with Gasteiger partial charge in [-0.2, -0.15) is 0 Å². The Balaban J connectivity index is 1.49. The van der Waals surface area contributed by atoms with E-state index in [2.05, 4.69) is 38.6 Å². The molecule has 0 saturated carbocycles. The number of hydrogen-bond donors (Lipinski definition) is 0. The Labute approximate surface area is 176 Å². The van der Waals surface area contributed by atoms with Crippen LogP contribution < -0.4 is 4.74 Å². The summed E-state index contributed by atoms with van der Waals surface area (Å²) < 4.78 is 9.48. The molecule has 2 aromatic rings. The highest BCUT2D eigenvalue weighted by molar-refractivity contribution is 7.03. The van der Waals surface area contributed by atoms with Crippen LogP contribution in [0.3, 0.4) is 0 Å². The smallest absolute Gasteiger partial charge is 0.236 e. The van der Waals surface area contributed by atoms with Crippen LogP contribution in [0.2, 0.25) is 0 Å². The van der Waals surface area contributed by atoms with E-state index in [9.17, 15) is 4.79 Å². The third-order valence-electron chi connectivity index (χ3n) is 6.12. The second-order valence-corrected chi connectivity index (χ2v) is 8.66. The summed E-state index contributed by atoms with van der Waals surface area (Å²) in [6.45, 7) is 5.97. The maximum absolute atomic E-state index is 13.1. The van der Waals surface area contributed by atoms with E-state index in [1.54, 1.807) is 7.11 Å². The predicted molar refractivity (Wildman–Crippen MR) is 114 cm³/mol. The molecular formula is C21H29N5O2S. The monoisotopic (exact) mass is 415 g/mol. The zero-order valence-corrected chi connectivity index (χ0v) is 18.0. The number of likely N-dealkylation sites (tertiary alicyclic amines) is 1. The number of nitrogens with zero attached hydrogens (tertiary/aromatic N) is 5. The zero-order valence-electron chi connectivity index (χ0n) is 17.2. The Bertz CT molecular complexity index is 815. The number of rotatable bonds is 5. The fourth-order valence-electron chi connectivity index (χ4n) is 4.40. The molecule has 1 aromatic heterocycles. The average molecular weight is 416 g/mol. The van der Waals surface area contributed by atoms with E-state index < -0.39 is 0 Å². The van der Waals surface area contributed by atoms with E-state index in [4.69, 9.17) is 4.74 Å². The van der Waals surface area contributed by atoms with Crippen molar-refractivity contribution in [3.05, 3.63) is 40.9 Å². The second kappa shape index (κ2) is 9.19. The van der Waals surface area contributed by atoms with Gasteiger partial charge in [-0.3, -0.25) is 9.69 Å². The largest absolute Gasteiger partial charge is 0.497 e. The third-order valence-corrected chi connectivity index (χ3v) is 6.65. The first-order chi connectivity index (χ1) is 14.1. The lowest BCUT2D eigenvalue weighted by Crippen LogP contribution is -2.40. The first-order valence-electron chi connectivity index (χ1n) is 10.2. The SMILES string of the molecule is COc1cccc([C@@H]2CN(C(=O)CN3CCCN(C)CC3)C[C@H]2c2csnn2)c1. The Morgan fingerprint density at radius 3 is 2.86 bits per heavy atom. The van der Waals surface area contributed by atoms with Gasteiger partial charge >= 0.3 is 0 Å². The molecule has 4 rings (SSSR count). The molecule has 0 radical (unpaired) electrons. The number of carbonyl (C=O) groups excluding carboxylic acids is 1. The average Bonchev–Trinajstić information content (AvgIpc) is 3.37. The maximum Gasteiger partial charge on any atom is 0.236 e. The molecular weight excluding hydrogens is 386 g/mol. The van der Waals surface area contributed by atoms with Crippen LogP contribution in [-0.2, 0) is 4.79 Å². The van der Waals surface area contributed by atoms with E-state index in [-0.39, 0.29) is 17.7 Å². The van der Waals surface area contributed by atoms with Crippen molar-refractivity contribution in [2.75, 3.05) is 60.0 Å². The lowest BCUT2D eigenvalue weighted by molar-refractivity contribution is -0.131. The van der Waals surface area contributed by atoms with Gasteiger partial charge in [0.05, 0.1) is 19.3 Å². The Morgan fingerprint density at radius 1 is 1.21 bits per heavy atom. The molecule has 7 nitrogen and oxygen atoms in total. The Kier molecular flexibility index (Phi) is 6.42. The number of hydrogen-bond acceptors (Lipinski definition) is 7. The minimum absolute atomic E-state index is 0.167. The van der Waals surface area contributed by atoms with Gasteiger partial charge in [0.15, 0.2) is 0 Å². The van der Waals surface area contributed by atoms with Gasteiger partial charge in [0.25, 0.3) is 0 Å². The van der Waals surface area contributed by atoms with Gasteiger partial charge in [-0.25, -0.2) is 0 Å². The molecule has 2 atom stereocenters. The summed E-state index contributed by atoms with van der Waals surface area (Å²) in [6.07, 6.45) is 1.11. The molecule has 2 fully saturated rings. The number of carbonyl (C=O) groups is 1. The number of likely N-dealkylation sites (N-methyl/N-ethyl adjacent to an activating group) is 1. The fourth-order valence-corrected chi connectivity index (χ4v) is 4.92. The topological polar surface area (TPSA) is 61.8 Å². The molecule has 156 valence electrons. The van der Waals surface area contributed by atoms with Crippen molar-refractivity contribution in [3.63, 3.8) is 0 Å². The molecule has 0 N–H and O–H groups in total. The number of methoxy groups -OCH3 is 1. The van der Waals surface area contributed by atoms with Crippen molar-refractivity contribution in [2.45, 2.75) is 18.3 Å². The highest BCUT2D eigenvalue weighted by Gasteiger charge is 2.38. The third kappa shape index (κ3) is 4.76. The molecule has 0 bridgehead atoms. The van der Waals surface area contributed by atoms with E-state index >= 15 is 0 Å². The van der Waals surface area contributed by atoms with Crippen LogP contribution in [0.25, 0.3) is 0 Å². The second-order valence-electron chi connectivity index (χ2n) is 8.05. The highest BCUT2D eigenvalue weighted by Crippen LogP contribution is 2.40. The van der Waals surface area contributed by atoms with Crippen LogP contribution in [0.15, 0.2) is 29.6 Å². The minimum atomic E-state index is 0.167. The molecule has 8 heteroatoms. The van der Waals surface area contributed by atoms with Crippen LogP contribution in [0.4, 0.5) is 0 Å². The van der Waals surface area contributed by atoms with Crippen LogP contribution in [0.5, 0.6) is 5.75 Å². The number of benzene rings is 1. The molecule has 2 saturated heterocycles. The van der Waals surface area contributed by atoms with Crippen LogP contribution in [-0.4, -0.2) is 90.2 Å². The summed E-state index contributed by atoms with van der Waals surface area (Å²) >= 11 is 1.37. The van der Waals surface area contributed by atoms with Gasteiger partial charge in [0.1, 0.15) is 5.75 Å². The Hall–Kier alpha value is -2.03. The maximum atomic E-state index is 13.1. The van der Waals surface area contributed by atoms with Crippen molar-refractivity contribution in [2.24, 2.45) is 0 Å². The van der Waals surface area contributed by atoms with E-state index in [0.717, 1.165) is 44.0 Å². The van der Waals surface area contributed by atoms with Gasteiger partial charge < -0.3 is 14.5 Å². The van der Waals surface area contributed by atoms with Crippen LogP contribution in [0.1, 0.15) is 29.5 Å². The van der Waals surface area contributed by atoms with Gasteiger partial charge in [-0.05, 0) is 55.8 Å². The first kappa shape index (κ1) is 20.3. The van der Waals surface area contributed by atoms with Gasteiger partial charge in [0, 0.05) is 43.4 Å². The van der Waals surface area contributed by atoms with Crippen molar-refractivity contribution in [1.29, 1.82) is 0 Å². The summed E-state index contributed by atoms with van der Waals surface area (Å²) in [4.78, 5) is 19.8. The normalized spacial score (nSPS) is 23.9. The van der Waals surface area contributed by atoms with Crippen molar-refractivity contribution >= 4 is 17.4 Å². The summed E-state index contributed by atoms with van der Waals surface area (Å²) in [6, 6.07) is 8.18. The van der Waals surface area contributed by atoms with Crippen molar-refractivity contribution < 1.29 is 9.53 Å². The zero-order chi connectivity index (χ0) is 20.2. The summed E-state index contributed by atoms with van der Waals surface area (Å²) in [5, 5.41) is 6.34. The fraction of sp³-hybridized carbons (Fsp3) is 0.571. The van der Waals surface area contributed by atoms with Crippen molar-refractivity contribution in [1.82, 2.24) is 24.3 Å². The van der Waals surface area contributed by atoms with Gasteiger partial charge in [0.2, 0.25) is 5.91 Å². The van der Waals surface area contributed by atoms with E-state index in [1.165, 1.54) is 17.1 Å². The standard InChI is InChI=1S/C21H29N5O2S/c1-24-7-4-8-25(10-9-24)14-21(27)26-12-18(16-5-3-6-17(11-16)28-2)19(13-26)20-15-29-23-22-20/h3,5-6,11,15,18-19H,4,7-10,12-14H2,1-2H3/t18-,19+/m0/s1. The van der Waals surface area contributed by atoms with Crippen molar-refractivity contribution in [3.8, 4) is 5.75 Å². The molecule has 0 unspecified atom stereocenters. The van der Waals surface area contributed by atoms with Gasteiger partial charge in [-0.15, -0.1) is 5.10 Å². The molecule has 29 heavy (non-hydrogen) atoms. The molecule has 2 aliphatic rings. The summed E-state index contributed by atoms with van der Waals surface area (Å²) in [5.74, 6) is 1.43. The highest BCUT2D eigenvalue weighted by atomic mass is 32.1. The lowest BCUT2D eigenvalue weighted by atomic mass is 9.87. The molecule has 3 heterocycles. The minimum Gasteiger partial charge on any atom is -0.497 e. The quantitative estimate of drug-likeness (QED) is 0.743. The number of ether oxygens (including phenoxy) is 1. The predicted octanol–water partition coefficient (Wildman–Crippen LogP) is 1.89. The molecule has 1 amide bonds. The molecule has 0 aliphatic carbocycles. The lowest BCUT2D eigenvalue weighted by Gasteiger charge is -2.23. The molecule has 1 aromatic carbocycles. The van der Waals surface area contributed by atoms with Crippen LogP contribution >= 0.6 is 11.5 Å². The van der Waals surface area contributed by atoms with Gasteiger partial charge in [-0.1, -0.05) is 16.6 Å². The number of amides is 1. The molecule has 0 spiro atoms. The first-order valence-corrected chi connectivity index (χ1v) is 11.1. The van der Waals surface area contributed by atoms with E-state index in [1.807, 2.05) is 22.4 Å². The number of aromatic nitrogens is 2. The summed E-state index contributed by atoms with van der Waals surface area (Å²) in [5.41, 5.74) is 2.17. The van der Waals surface area contributed by atoms with Crippen LogP contribution in [0, 0.1) is 0 Å². The van der Waals surface area contributed by atoms with E-state index in [0.29, 0.717) is 19.6 Å².